The van der Waals surface area contributed by atoms with Gasteiger partial charge in [0.2, 0.25) is 5.79 Å². The molecule has 0 aromatic heterocycles. The number of aliphatic hydroxyl groups is 1. The van der Waals surface area contributed by atoms with Crippen LogP contribution in [0.2, 0.25) is 0 Å². The number of nitrogens with zero attached hydrogens (tertiary/aromatic N) is 1. The molecule has 2 unspecified atom stereocenters. The highest BCUT2D eigenvalue weighted by molar-refractivity contribution is 5.87. The Bertz CT molecular complexity index is 952. The Balaban J connectivity index is 1.40. The van der Waals surface area contributed by atoms with Crippen LogP contribution < -0.4 is 0 Å². The Morgan fingerprint density at radius 1 is 0.889 bits per heavy atom. The third kappa shape index (κ3) is 3.16. The van der Waals surface area contributed by atoms with Crippen molar-refractivity contribution in [2.75, 3.05) is 19.7 Å². The van der Waals surface area contributed by atoms with Gasteiger partial charge in [0, 0.05) is 11.6 Å². The lowest BCUT2D eigenvalue weighted by Crippen LogP contribution is -2.56. The highest BCUT2D eigenvalue weighted by atomic mass is 16.6. The van der Waals surface area contributed by atoms with Crippen LogP contribution in [-0.4, -0.2) is 35.7 Å². The van der Waals surface area contributed by atoms with Gasteiger partial charge in [0.1, 0.15) is 0 Å². The molecule has 2 saturated heterocycles. The maximum absolute atomic E-state index is 11.1. The fourth-order valence-electron chi connectivity index (χ4n) is 4.48. The van der Waals surface area contributed by atoms with Gasteiger partial charge < -0.3 is 9.84 Å². The highest BCUT2D eigenvalue weighted by Crippen LogP contribution is 2.34. The van der Waals surface area contributed by atoms with E-state index in [0.29, 0.717) is 19.2 Å². The molecule has 3 nitrogen and oxygen atoms in total. The van der Waals surface area contributed by atoms with Crippen LogP contribution in [0.1, 0.15) is 24.8 Å². The van der Waals surface area contributed by atoms with Crippen molar-refractivity contribution < 1.29 is 9.84 Å². The van der Waals surface area contributed by atoms with Gasteiger partial charge >= 0.3 is 0 Å². The van der Waals surface area contributed by atoms with E-state index < -0.39 is 5.79 Å². The largest absolute Gasteiger partial charge is 0.361 e. The summed E-state index contributed by atoms with van der Waals surface area (Å²) in [4.78, 5) is 2.39. The minimum atomic E-state index is -1.20. The molecule has 0 amide bonds. The third-order valence-corrected chi connectivity index (χ3v) is 6.10. The molecular formula is C24H25NO2. The molecule has 138 valence electrons. The van der Waals surface area contributed by atoms with Crippen LogP contribution in [0.15, 0.2) is 66.7 Å². The Morgan fingerprint density at radius 2 is 1.67 bits per heavy atom. The van der Waals surface area contributed by atoms with E-state index in [1.54, 1.807) is 0 Å². The van der Waals surface area contributed by atoms with Crippen LogP contribution in [0, 0.1) is 0 Å². The van der Waals surface area contributed by atoms with Crippen molar-refractivity contribution in [2.45, 2.75) is 31.1 Å². The summed E-state index contributed by atoms with van der Waals surface area (Å²) < 4.78 is 5.94. The van der Waals surface area contributed by atoms with Gasteiger partial charge in [-0.1, -0.05) is 67.1 Å². The molecule has 0 spiro atoms. The highest BCUT2D eigenvalue weighted by Gasteiger charge is 2.41. The van der Waals surface area contributed by atoms with E-state index in [4.69, 9.17) is 4.74 Å². The Hall–Kier alpha value is -2.20. The first-order valence-corrected chi connectivity index (χ1v) is 9.91. The summed E-state index contributed by atoms with van der Waals surface area (Å²) in [6, 6.07) is 23.6. The van der Waals surface area contributed by atoms with Crippen molar-refractivity contribution in [3.63, 3.8) is 0 Å². The molecule has 0 saturated carbocycles. The van der Waals surface area contributed by atoms with Crippen molar-refractivity contribution in [1.29, 1.82) is 0 Å². The van der Waals surface area contributed by atoms with Gasteiger partial charge in [-0.15, -0.1) is 0 Å². The van der Waals surface area contributed by atoms with Gasteiger partial charge in [-0.05, 0) is 47.4 Å². The Morgan fingerprint density at radius 3 is 2.52 bits per heavy atom. The number of rotatable bonds is 2. The molecule has 5 rings (SSSR count). The maximum Gasteiger partial charge on any atom is 0.205 e. The monoisotopic (exact) mass is 359 g/mol. The van der Waals surface area contributed by atoms with Crippen molar-refractivity contribution in [3.8, 4) is 11.1 Å². The van der Waals surface area contributed by atoms with Gasteiger partial charge in [0.25, 0.3) is 0 Å². The summed E-state index contributed by atoms with van der Waals surface area (Å²) in [7, 11) is 0. The second-order valence-electron chi connectivity index (χ2n) is 7.85. The number of hydrogen-bond acceptors (Lipinski definition) is 3. The van der Waals surface area contributed by atoms with E-state index in [0.717, 1.165) is 17.7 Å². The summed E-state index contributed by atoms with van der Waals surface area (Å²) in [5, 5.41) is 13.6. The number of piperidine rings is 1. The molecule has 3 aromatic carbocycles. The van der Waals surface area contributed by atoms with Crippen LogP contribution in [0.25, 0.3) is 21.9 Å². The first kappa shape index (κ1) is 16.9. The standard InChI is InChI=1S/C24H25NO2/c26-24(17-25-14-4-3-7-23(25)16-27-24)22-12-10-19(11-13-22)21-9-8-18-5-1-2-6-20(18)15-21/h1-2,5-6,8-13,15,23,26H,3-4,7,14,16-17H2. The summed E-state index contributed by atoms with van der Waals surface area (Å²) >= 11 is 0. The van der Waals surface area contributed by atoms with E-state index in [1.165, 1.54) is 35.6 Å². The van der Waals surface area contributed by atoms with Crippen LogP contribution in [0.5, 0.6) is 0 Å². The van der Waals surface area contributed by atoms with Gasteiger partial charge in [-0.2, -0.15) is 0 Å². The van der Waals surface area contributed by atoms with Crippen LogP contribution in [0.3, 0.4) is 0 Å². The van der Waals surface area contributed by atoms with Crippen molar-refractivity contribution in [2.24, 2.45) is 0 Å². The SMILES string of the molecule is OC1(c2ccc(-c3ccc4ccccc4c3)cc2)CN2CCCCC2CO1. The number of benzene rings is 3. The zero-order valence-corrected chi connectivity index (χ0v) is 15.5. The second kappa shape index (κ2) is 6.75. The van der Waals surface area contributed by atoms with E-state index in [-0.39, 0.29) is 0 Å². The molecule has 2 heterocycles. The van der Waals surface area contributed by atoms with E-state index in [2.05, 4.69) is 59.5 Å². The molecule has 27 heavy (non-hydrogen) atoms. The molecule has 3 heteroatoms. The number of fused-ring (bicyclic) bond motifs is 2. The number of morpholine rings is 1. The molecule has 2 aliphatic heterocycles. The molecule has 2 aliphatic rings. The van der Waals surface area contributed by atoms with Crippen molar-refractivity contribution in [3.05, 3.63) is 72.3 Å². The van der Waals surface area contributed by atoms with Gasteiger partial charge in [0.05, 0.1) is 13.2 Å². The normalized spacial score (nSPS) is 26.0. The summed E-state index contributed by atoms with van der Waals surface area (Å²) in [6.07, 6.45) is 3.66. The smallest absolute Gasteiger partial charge is 0.205 e. The van der Waals surface area contributed by atoms with Gasteiger partial charge in [0.15, 0.2) is 0 Å². The molecule has 0 aliphatic carbocycles. The lowest BCUT2D eigenvalue weighted by molar-refractivity contribution is -0.264. The topological polar surface area (TPSA) is 32.7 Å². The molecule has 1 N–H and O–H groups in total. The Labute approximate surface area is 160 Å². The first-order valence-electron chi connectivity index (χ1n) is 9.91. The predicted molar refractivity (Wildman–Crippen MR) is 108 cm³/mol. The summed E-state index contributed by atoms with van der Waals surface area (Å²) in [6.45, 7) is 2.24. The van der Waals surface area contributed by atoms with Crippen molar-refractivity contribution in [1.82, 2.24) is 4.90 Å². The van der Waals surface area contributed by atoms with Crippen LogP contribution in [0.4, 0.5) is 0 Å². The lowest BCUT2D eigenvalue weighted by Gasteiger charge is -2.46. The molecule has 0 bridgehead atoms. The van der Waals surface area contributed by atoms with Gasteiger partial charge in [-0.25, -0.2) is 0 Å². The molecular weight excluding hydrogens is 334 g/mol. The average molecular weight is 359 g/mol. The van der Waals surface area contributed by atoms with E-state index >= 15 is 0 Å². The van der Waals surface area contributed by atoms with Crippen LogP contribution in [-0.2, 0) is 10.5 Å². The minimum absolute atomic E-state index is 0.468. The molecule has 2 fully saturated rings. The number of ether oxygens (including phenoxy) is 1. The quantitative estimate of drug-likeness (QED) is 0.729. The lowest BCUT2D eigenvalue weighted by atomic mass is 9.94. The Kier molecular flexibility index (Phi) is 4.24. The van der Waals surface area contributed by atoms with E-state index in [9.17, 15) is 5.11 Å². The zero-order chi connectivity index (χ0) is 18.3. The number of hydrogen-bond donors (Lipinski definition) is 1. The van der Waals surface area contributed by atoms with Crippen molar-refractivity contribution >= 4 is 10.8 Å². The van der Waals surface area contributed by atoms with Crippen LogP contribution >= 0.6 is 0 Å². The first-order chi connectivity index (χ1) is 13.2. The summed E-state index contributed by atoms with van der Waals surface area (Å²) in [5.41, 5.74) is 3.18. The average Bonchev–Trinajstić information content (AvgIpc) is 2.73. The van der Waals surface area contributed by atoms with Gasteiger partial charge in [-0.3, -0.25) is 4.90 Å². The molecule has 0 radical (unpaired) electrons. The maximum atomic E-state index is 11.1. The fourth-order valence-corrected chi connectivity index (χ4v) is 4.48. The zero-order valence-electron chi connectivity index (χ0n) is 15.5. The molecule has 3 aromatic rings. The summed E-state index contributed by atoms with van der Waals surface area (Å²) in [5.74, 6) is -1.20. The fraction of sp³-hybridized carbons (Fsp3) is 0.333. The predicted octanol–water partition coefficient (Wildman–Crippen LogP) is 4.54. The third-order valence-electron chi connectivity index (χ3n) is 6.10. The van der Waals surface area contributed by atoms with E-state index in [1.807, 2.05) is 12.1 Å². The second-order valence-corrected chi connectivity index (χ2v) is 7.85. The molecule has 2 atom stereocenters. The minimum Gasteiger partial charge on any atom is -0.361 e.